The van der Waals surface area contributed by atoms with Gasteiger partial charge in [0.1, 0.15) is 5.69 Å². The molecule has 0 radical (unpaired) electrons. The second kappa shape index (κ2) is 5.42. The minimum Gasteiger partial charge on any atom is -0.256 e. The van der Waals surface area contributed by atoms with Crippen LogP contribution in [0, 0.1) is 5.92 Å². The van der Waals surface area contributed by atoms with E-state index in [4.69, 9.17) is 0 Å². The number of hydrogen-bond donors (Lipinski definition) is 0. The van der Waals surface area contributed by atoms with E-state index in [1.165, 1.54) is 0 Å². The number of para-hydroxylation sites is 1. The maximum atomic E-state index is 11.6. The third kappa shape index (κ3) is 2.84. The molecular formula is C16H16N4O2S. The van der Waals surface area contributed by atoms with E-state index in [0.29, 0.717) is 13.0 Å². The summed E-state index contributed by atoms with van der Waals surface area (Å²) in [5, 5.41) is 9.45. The van der Waals surface area contributed by atoms with E-state index in [9.17, 15) is 8.42 Å². The van der Waals surface area contributed by atoms with Crippen LogP contribution in [0.2, 0.25) is 0 Å². The standard InChI is InChI=1S/C16H16N4O2S/c21-23(22)8-6-12(11-23)9-20-10-16(18-19-20)14-5-7-17-15-4-2-1-3-13(14)15/h1-5,7,10,12H,6,8-9,11H2/t12-/m0/s1. The lowest BCUT2D eigenvalue weighted by Crippen LogP contribution is -2.12. The Balaban J connectivity index is 1.63. The van der Waals surface area contributed by atoms with Gasteiger partial charge in [0.25, 0.3) is 0 Å². The predicted octanol–water partition coefficient (Wildman–Crippen LogP) is 1.93. The van der Waals surface area contributed by atoms with Crippen molar-refractivity contribution in [2.45, 2.75) is 13.0 Å². The molecule has 1 saturated heterocycles. The van der Waals surface area contributed by atoms with E-state index in [2.05, 4.69) is 15.3 Å². The number of sulfone groups is 1. The van der Waals surface area contributed by atoms with Crippen LogP contribution in [0.4, 0.5) is 0 Å². The van der Waals surface area contributed by atoms with Crippen LogP contribution in [0.1, 0.15) is 6.42 Å². The van der Waals surface area contributed by atoms with Crippen LogP contribution in [-0.4, -0.2) is 39.9 Å². The zero-order valence-electron chi connectivity index (χ0n) is 12.5. The van der Waals surface area contributed by atoms with Gasteiger partial charge in [0.15, 0.2) is 9.84 Å². The molecule has 0 aliphatic carbocycles. The highest BCUT2D eigenvalue weighted by atomic mass is 32.2. The fourth-order valence-corrected chi connectivity index (χ4v) is 4.96. The summed E-state index contributed by atoms with van der Waals surface area (Å²) in [5.41, 5.74) is 2.69. The second-order valence-electron chi connectivity index (χ2n) is 5.97. The SMILES string of the molecule is O=S1(=O)CC[C@@H](Cn2cc(-c3ccnc4ccccc34)nn2)C1. The summed E-state index contributed by atoms with van der Waals surface area (Å²) < 4.78 is 24.9. The van der Waals surface area contributed by atoms with Crippen LogP contribution < -0.4 is 0 Å². The molecular weight excluding hydrogens is 312 g/mol. The van der Waals surface area contributed by atoms with Crippen LogP contribution in [-0.2, 0) is 16.4 Å². The van der Waals surface area contributed by atoms with Crippen LogP contribution >= 0.6 is 0 Å². The predicted molar refractivity (Wildman–Crippen MR) is 87.5 cm³/mol. The number of fused-ring (bicyclic) bond motifs is 1. The third-order valence-electron chi connectivity index (χ3n) is 4.24. The number of pyridine rings is 1. The summed E-state index contributed by atoms with van der Waals surface area (Å²) in [6, 6.07) is 9.83. The number of aromatic nitrogens is 4. The van der Waals surface area contributed by atoms with Gasteiger partial charge in [0.05, 0.1) is 23.2 Å². The van der Waals surface area contributed by atoms with Gasteiger partial charge in [-0.1, -0.05) is 23.4 Å². The Hall–Kier alpha value is -2.28. The fourth-order valence-electron chi connectivity index (χ4n) is 3.11. The summed E-state index contributed by atoms with van der Waals surface area (Å²) in [5.74, 6) is 0.665. The molecule has 1 aliphatic heterocycles. The molecule has 2 aromatic heterocycles. The fraction of sp³-hybridized carbons (Fsp3) is 0.312. The van der Waals surface area contributed by atoms with Crippen molar-refractivity contribution in [3.8, 4) is 11.3 Å². The summed E-state index contributed by atoms with van der Waals surface area (Å²) in [6.07, 6.45) is 4.35. The van der Waals surface area contributed by atoms with E-state index in [-0.39, 0.29) is 17.4 Å². The number of benzene rings is 1. The largest absolute Gasteiger partial charge is 0.256 e. The highest BCUT2D eigenvalue weighted by molar-refractivity contribution is 7.91. The lowest BCUT2D eigenvalue weighted by Gasteiger charge is -2.06. The maximum absolute atomic E-state index is 11.6. The molecule has 3 aromatic rings. The van der Waals surface area contributed by atoms with Gasteiger partial charge in [-0.05, 0) is 24.5 Å². The molecule has 6 nitrogen and oxygen atoms in total. The van der Waals surface area contributed by atoms with Crippen molar-refractivity contribution < 1.29 is 8.42 Å². The van der Waals surface area contributed by atoms with Crippen molar-refractivity contribution >= 4 is 20.7 Å². The van der Waals surface area contributed by atoms with Crippen molar-refractivity contribution in [1.82, 2.24) is 20.0 Å². The van der Waals surface area contributed by atoms with Gasteiger partial charge >= 0.3 is 0 Å². The molecule has 0 spiro atoms. The highest BCUT2D eigenvalue weighted by Gasteiger charge is 2.28. The van der Waals surface area contributed by atoms with E-state index in [1.807, 2.05) is 36.5 Å². The lowest BCUT2D eigenvalue weighted by molar-refractivity contribution is 0.448. The van der Waals surface area contributed by atoms with Gasteiger partial charge < -0.3 is 0 Å². The Morgan fingerprint density at radius 2 is 2.09 bits per heavy atom. The third-order valence-corrected chi connectivity index (χ3v) is 6.07. The molecule has 4 rings (SSSR count). The summed E-state index contributed by atoms with van der Waals surface area (Å²) in [4.78, 5) is 4.35. The Kier molecular flexibility index (Phi) is 3.37. The van der Waals surface area contributed by atoms with Gasteiger partial charge in [-0.25, -0.2) is 8.42 Å². The average molecular weight is 328 g/mol. The Morgan fingerprint density at radius 3 is 2.91 bits per heavy atom. The van der Waals surface area contributed by atoms with Gasteiger partial charge in [-0.3, -0.25) is 9.67 Å². The van der Waals surface area contributed by atoms with Gasteiger partial charge in [0, 0.05) is 23.7 Å². The smallest absolute Gasteiger partial charge is 0.150 e. The van der Waals surface area contributed by atoms with E-state index < -0.39 is 9.84 Å². The quantitative estimate of drug-likeness (QED) is 0.734. The molecule has 23 heavy (non-hydrogen) atoms. The number of rotatable bonds is 3. The minimum atomic E-state index is -2.86. The number of hydrogen-bond acceptors (Lipinski definition) is 5. The highest BCUT2D eigenvalue weighted by Crippen LogP contribution is 2.26. The average Bonchev–Trinajstić information content (AvgIpc) is 3.13. The van der Waals surface area contributed by atoms with Crippen molar-refractivity contribution in [1.29, 1.82) is 0 Å². The molecule has 0 amide bonds. The first kappa shape index (κ1) is 14.3. The Labute approximate surface area is 134 Å². The van der Waals surface area contributed by atoms with Gasteiger partial charge in [-0.15, -0.1) is 5.10 Å². The van der Waals surface area contributed by atoms with Crippen molar-refractivity contribution in [3.63, 3.8) is 0 Å². The van der Waals surface area contributed by atoms with Crippen molar-refractivity contribution in [3.05, 3.63) is 42.7 Å². The molecule has 0 N–H and O–H groups in total. The zero-order chi connectivity index (χ0) is 15.9. The lowest BCUT2D eigenvalue weighted by atomic mass is 10.1. The summed E-state index contributed by atoms with van der Waals surface area (Å²) in [7, 11) is -2.86. The first-order valence-electron chi connectivity index (χ1n) is 7.55. The molecule has 1 aromatic carbocycles. The Bertz CT molecular complexity index is 960. The molecule has 0 bridgehead atoms. The van der Waals surface area contributed by atoms with E-state index >= 15 is 0 Å². The maximum Gasteiger partial charge on any atom is 0.150 e. The second-order valence-corrected chi connectivity index (χ2v) is 8.20. The molecule has 1 aliphatic rings. The summed E-state index contributed by atoms with van der Waals surface area (Å²) in [6.45, 7) is 0.593. The van der Waals surface area contributed by atoms with Gasteiger partial charge in [0.2, 0.25) is 0 Å². The van der Waals surface area contributed by atoms with Crippen LogP contribution in [0.15, 0.2) is 42.7 Å². The number of nitrogens with zero attached hydrogens (tertiary/aromatic N) is 4. The van der Waals surface area contributed by atoms with Crippen molar-refractivity contribution in [2.75, 3.05) is 11.5 Å². The summed E-state index contributed by atoms with van der Waals surface area (Å²) >= 11 is 0. The monoisotopic (exact) mass is 328 g/mol. The minimum absolute atomic E-state index is 0.128. The molecule has 0 saturated carbocycles. The molecule has 7 heteroatoms. The first-order valence-corrected chi connectivity index (χ1v) is 9.37. The van der Waals surface area contributed by atoms with Crippen LogP contribution in [0.3, 0.4) is 0 Å². The van der Waals surface area contributed by atoms with E-state index in [0.717, 1.165) is 22.2 Å². The normalized spacial score (nSPS) is 20.1. The molecule has 1 atom stereocenters. The molecule has 3 heterocycles. The van der Waals surface area contributed by atoms with Crippen LogP contribution in [0.25, 0.3) is 22.2 Å². The van der Waals surface area contributed by atoms with Crippen LogP contribution in [0.5, 0.6) is 0 Å². The van der Waals surface area contributed by atoms with Gasteiger partial charge in [-0.2, -0.15) is 0 Å². The molecule has 0 unspecified atom stereocenters. The first-order chi connectivity index (χ1) is 11.1. The zero-order valence-corrected chi connectivity index (χ0v) is 13.3. The topological polar surface area (TPSA) is 77.7 Å². The Morgan fingerprint density at radius 1 is 1.22 bits per heavy atom. The van der Waals surface area contributed by atoms with Crippen molar-refractivity contribution in [2.24, 2.45) is 5.92 Å². The van der Waals surface area contributed by atoms with E-state index in [1.54, 1.807) is 10.9 Å². The molecule has 118 valence electrons. The molecule has 1 fully saturated rings.